The third kappa shape index (κ3) is 6.02. The van der Waals surface area contributed by atoms with Crippen molar-refractivity contribution in [2.24, 2.45) is 0 Å². The summed E-state index contributed by atoms with van der Waals surface area (Å²) in [6, 6.07) is 11.3. The number of ether oxygens (including phenoxy) is 1. The van der Waals surface area contributed by atoms with Gasteiger partial charge in [0.15, 0.2) is 11.6 Å². The lowest BCUT2D eigenvalue weighted by Gasteiger charge is -2.36. The first-order chi connectivity index (χ1) is 16.2. The first kappa shape index (κ1) is 23.1. The number of aliphatic hydroxyl groups is 1. The number of carbonyl (C=O) groups is 1. The van der Waals surface area contributed by atoms with E-state index >= 15 is 0 Å². The maximum absolute atomic E-state index is 12.6. The van der Waals surface area contributed by atoms with Gasteiger partial charge in [-0.05, 0) is 43.3 Å². The monoisotopic (exact) mass is 455 g/mol. The molecule has 1 aromatic carbocycles. The van der Waals surface area contributed by atoms with Gasteiger partial charge in [-0.15, -0.1) is 10.2 Å². The van der Waals surface area contributed by atoms with E-state index in [9.17, 15) is 4.79 Å². The Hall–Kier alpha value is -3.11. The number of hydrogen-bond acceptors (Lipinski definition) is 8. The zero-order chi connectivity index (χ0) is 23.0. The van der Waals surface area contributed by atoms with Gasteiger partial charge in [0.2, 0.25) is 0 Å². The summed E-state index contributed by atoms with van der Waals surface area (Å²) in [7, 11) is 0. The molecule has 2 aliphatic rings. The molecule has 0 spiro atoms. The fraction of sp³-hybridized carbons (Fsp3) is 0.522. The average Bonchev–Trinajstić information content (AvgIpc) is 2.86. The maximum atomic E-state index is 12.6. The molecule has 0 radical (unpaired) electrons. The third-order valence-corrected chi connectivity index (χ3v) is 6.06. The van der Waals surface area contributed by atoms with E-state index < -0.39 is 0 Å². The van der Waals surface area contributed by atoms with Crippen LogP contribution in [0.1, 0.15) is 6.92 Å². The summed E-state index contributed by atoms with van der Waals surface area (Å²) in [6.45, 7) is 9.77. The van der Waals surface area contributed by atoms with Gasteiger partial charge in [-0.25, -0.2) is 4.79 Å². The topological polar surface area (TPSA) is 97.3 Å². The Morgan fingerprint density at radius 2 is 1.48 bits per heavy atom. The number of piperazine rings is 2. The van der Waals surface area contributed by atoms with Gasteiger partial charge >= 0.3 is 6.03 Å². The molecule has 2 saturated heterocycles. The van der Waals surface area contributed by atoms with E-state index in [1.54, 1.807) is 0 Å². The van der Waals surface area contributed by atoms with Crippen molar-refractivity contribution in [3.8, 4) is 5.75 Å². The Bertz CT molecular complexity index is 878. The Morgan fingerprint density at radius 3 is 2.00 bits per heavy atom. The van der Waals surface area contributed by atoms with Crippen LogP contribution in [0, 0.1) is 0 Å². The molecule has 0 bridgehead atoms. The molecule has 0 unspecified atom stereocenters. The molecule has 2 aliphatic heterocycles. The summed E-state index contributed by atoms with van der Waals surface area (Å²) in [5.74, 6) is 2.51. The predicted molar refractivity (Wildman–Crippen MR) is 128 cm³/mol. The number of aliphatic hydroxyl groups excluding tert-OH is 1. The molecule has 2 N–H and O–H groups in total. The normalized spacial score (nSPS) is 17.2. The largest absolute Gasteiger partial charge is 0.494 e. The van der Waals surface area contributed by atoms with Crippen molar-refractivity contribution in [1.29, 1.82) is 0 Å². The van der Waals surface area contributed by atoms with Gasteiger partial charge in [0.25, 0.3) is 0 Å². The number of urea groups is 1. The van der Waals surface area contributed by atoms with Crippen molar-refractivity contribution in [3.63, 3.8) is 0 Å². The number of aromatic nitrogens is 2. The lowest BCUT2D eigenvalue weighted by Crippen LogP contribution is -2.50. The molecular formula is C23H33N7O3. The first-order valence-electron chi connectivity index (χ1n) is 11.6. The highest BCUT2D eigenvalue weighted by Crippen LogP contribution is 2.19. The molecule has 10 heteroatoms. The molecule has 0 saturated carbocycles. The summed E-state index contributed by atoms with van der Waals surface area (Å²) in [5, 5.41) is 20.9. The van der Waals surface area contributed by atoms with Crippen LogP contribution in [0.4, 0.5) is 22.1 Å². The molecule has 33 heavy (non-hydrogen) atoms. The summed E-state index contributed by atoms with van der Waals surface area (Å²) < 4.78 is 5.44. The van der Waals surface area contributed by atoms with Crippen LogP contribution >= 0.6 is 0 Å². The number of rotatable bonds is 7. The maximum Gasteiger partial charge on any atom is 0.321 e. The second-order valence-electron chi connectivity index (χ2n) is 8.16. The lowest BCUT2D eigenvalue weighted by atomic mass is 10.3. The number of benzene rings is 1. The molecule has 2 fully saturated rings. The standard InChI is InChI=1S/C23H33N7O3/c1-2-33-20-5-3-19(4-6-20)24-23(32)30-15-13-29(14-16-30)22-8-7-21(25-26-22)28-11-9-27(10-12-28)17-18-31/h3-8,31H,2,9-18H2,1H3,(H,24,32). The Labute approximate surface area is 194 Å². The van der Waals surface area contributed by atoms with Crippen molar-refractivity contribution < 1.29 is 14.6 Å². The van der Waals surface area contributed by atoms with E-state index in [1.807, 2.05) is 48.2 Å². The second-order valence-corrected chi connectivity index (χ2v) is 8.16. The van der Waals surface area contributed by atoms with Crippen LogP contribution in [-0.2, 0) is 0 Å². The van der Waals surface area contributed by atoms with Gasteiger partial charge in [-0.3, -0.25) is 4.90 Å². The fourth-order valence-corrected chi connectivity index (χ4v) is 4.14. The van der Waals surface area contributed by atoms with Crippen LogP contribution in [0.3, 0.4) is 0 Å². The van der Waals surface area contributed by atoms with E-state index in [-0.39, 0.29) is 12.6 Å². The molecule has 178 valence electrons. The van der Waals surface area contributed by atoms with Crippen LogP contribution in [0.15, 0.2) is 36.4 Å². The highest BCUT2D eigenvalue weighted by atomic mass is 16.5. The van der Waals surface area contributed by atoms with Gasteiger partial charge in [0.1, 0.15) is 5.75 Å². The van der Waals surface area contributed by atoms with Crippen LogP contribution in [0.5, 0.6) is 5.75 Å². The molecule has 3 heterocycles. The Balaban J connectivity index is 1.24. The highest BCUT2D eigenvalue weighted by Gasteiger charge is 2.23. The van der Waals surface area contributed by atoms with Crippen molar-refractivity contribution in [1.82, 2.24) is 20.0 Å². The van der Waals surface area contributed by atoms with Crippen LogP contribution in [0.2, 0.25) is 0 Å². The van der Waals surface area contributed by atoms with E-state index in [1.165, 1.54) is 0 Å². The molecule has 4 rings (SSSR count). The number of amides is 2. The number of carbonyl (C=O) groups excluding carboxylic acids is 1. The van der Waals surface area contributed by atoms with E-state index in [0.717, 1.165) is 55.8 Å². The number of β-amino-alcohol motifs (C(OH)–C–C–N with tert-alkyl or cyclic N) is 1. The number of nitrogens with zero attached hydrogens (tertiary/aromatic N) is 6. The number of nitrogens with one attached hydrogen (secondary N) is 1. The quantitative estimate of drug-likeness (QED) is 0.646. The van der Waals surface area contributed by atoms with Crippen molar-refractivity contribution in [2.75, 3.05) is 87.2 Å². The molecule has 0 atom stereocenters. The summed E-state index contributed by atoms with van der Waals surface area (Å²) >= 11 is 0. The van der Waals surface area contributed by atoms with Gasteiger partial charge in [0.05, 0.1) is 13.2 Å². The molecule has 0 aliphatic carbocycles. The van der Waals surface area contributed by atoms with E-state index in [4.69, 9.17) is 9.84 Å². The lowest BCUT2D eigenvalue weighted by molar-refractivity contribution is 0.188. The van der Waals surface area contributed by atoms with Crippen molar-refractivity contribution >= 4 is 23.4 Å². The summed E-state index contributed by atoms with van der Waals surface area (Å²) in [4.78, 5) is 21.1. The summed E-state index contributed by atoms with van der Waals surface area (Å²) in [6.07, 6.45) is 0. The predicted octanol–water partition coefficient (Wildman–Crippen LogP) is 1.34. The van der Waals surface area contributed by atoms with Crippen LogP contribution in [0.25, 0.3) is 0 Å². The van der Waals surface area contributed by atoms with Gasteiger partial charge < -0.3 is 29.9 Å². The third-order valence-electron chi connectivity index (χ3n) is 6.06. The summed E-state index contributed by atoms with van der Waals surface area (Å²) in [5.41, 5.74) is 0.754. The number of hydrogen-bond donors (Lipinski definition) is 2. The molecule has 1 aromatic heterocycles. The zero-order valence-corrected chi connectivity index (χ0v) is 19.2. The molecular weight excluding hydrogens is 422 g/mol. The van der Waals surface area contributed by atoms with Crippen molar-refractivity contribution in [3.05, 3.63) is 36.4 Å². The average molecular weight is 456 g/mol. The van der Waals surface area contributed by atoms with E-state index in [0.29, 0.717) is 32.8 Å². The fourth-order valence-electron chi connectivity index (χ4n) is 4.14. The number of anilines is 3. The Kier molecular flexibility index (Phi) is 7.79. The Morgan fingerprint density at radius 1 is 0.909 bits per heavy atom. The van der Waals surface area contributed by atoms with Crippen molar-refractivity contribution in [2.45, 2.75) is 6.92 Å². The highest BCUT2D eigenvalue weighted by molar-refractivity contribution is 5.89. The smallest absolute Gasteiger partial charge is 0.321 e. The minimum absolute atomic E-state index is 0.0967. The van der Waals surface area contributed by atoms with Gasteiger partial charge in [-0.2, -0.15) is 0 Å². The second kappa shape index (κ2) is 11.2. The van der Waals surface area contributed by atoms with Gasteiger partial charge in [0, 0.05) is 64.6 Å². The van der Waals surface area contributed by atoms with Crippen LogP contribution in [-0.4, -0.2) is 103 Å². The minimum atomic E-state index is -0.0967. The molecule has 2 aromatic rings. The zero-order valence-electron chi connectivity index (χ0n) is 19.2. The van der Waals surface area contributed by atoms with Crippen LogP contribution < -0.4 is 19.9 Å². The van der Waals surface area contributed by atoms with E-state index in [2.05, 4.69) is 30.2 Å². The SMILES string of the molecule is CCOc1ccc(NC(=O)N2CCN(c3ccc(N4CCN(CCO)CC4)nn3)CC2)cc1. The van der Waals surface area contributed by atoms with Gasteiger partial charge in [-0.1, -0.05) is 0 Å². The molecule has 10 nitrogen and oxygen atoms in total. The molecule has 2 amide bonds. The minimum Gasteiger partial charge on any atom is -0.494 e. The first-order valence-corrected chi connectivity index (χ1v) is 11.6.